The fourth-order valence-corrected chi connectivity index (χ4v) is 4.36. The molecule has 1 aliphatic heterocycles. The molecule has 1 aromatic carbocycles. The summed E-state index contributed by atoms with van der Waals surface area (Å²) in [5.74, 6) is 1.34. The molecule has 6 nitrogen and oxygen atoms in total. The van der Waals surface area contributed by atoms with Gasteiger partial charge in [0.15, 0.2) is 0 Å². The highest BCUT2D eigenvalue weighted by Gasteiger charge is 2.32. The number of carbonyl (C=O) groups excluding carboxylic acids is 1. The van der Waals surface area contributed by atoms with Crippen LogP contribution in [0.4, 0.5) is 5.82 Å². The molecule has 1 atom stereocenters. The lowest BCUT2D eigenvalue weighted by Gasteiger charge is -2.27. The highest BCUT2D eigenvalue weighted by Crippen LogP contribution is 2.33. The van der Waals surface area contributed by atoms with Crippen LogP contribution in [-0.2, 0) is 11.3 Å². The number of hydrogen-bond donors (Lipinski definition) is 0. The third-order valence-electron chi connectivity index (χ3n) is 5.89. The van der Waals surface area contributed by atoms with Gasteiger partial charge in [-0.3, -0.25) is 4.90 Å². The van der Waals surface area contributed by atoms with Gasteiger partial charge < -0.3 is 14.1 Å². The molecule has 0 N–H and O–H groups in total. The Hall–Kier alpha value is -3.12. The van der Waals surface area contributed by atoms with E-state index in [0.717, 1.165) is 49.5 Å². The van der Waals surface area contributed by atoms with Gasteiger partial charge in [-0.25, -0.2) is 9.78 Å². The van der Waals surface area contributed by atoms with Crippen LogP contribution in [0, 0.1) is 0 Å². The predicted octanol–water partition coefficient (Wildman–Crippen LogP) is 5.01. The Morgan fingerprint density at radius 2 is 2.03 bits per heavy atom. The van der Waals surface area contributed by atoms with Crippen molar-refractivity contribution >= 4 is 11.8 Å². The molecule has 1 fully saturated rings. The van der Waals surface area contributed by atoms with Crippen molar-refractivity contribution in [2.45, 2.75) is 45.9 Å². The summed E-state index contributed by atoms with van der Waals surface area (Å²) in [5.41, 5.74) is 2.38. The van der Waals surface area contributed by atoms with Crippen LogP contribution in [-0.4, -0.2) is 47.6 Å². The SMILES string of the molecule is CCN(Cc1ccco1)C1CCN(c2nccc(-c3ccccc3)c2C(=O)OC(C)C)C1. The molecule has 4 rings (SSSR count). The fourth-order valence-electron chi connectivity index (χ4n) is 4.36. The average Bonchev–Trinajstić information content (AvgIpc) is 3.49. The molecular formula is C26H31N3O3. The number of hydrogen-bond acceptors (Lipinski definition) is 6. The minimum absolute atomic E-state index is 0.200. The summed E-state index contributed by atoms with van der Waals surface area (Å²) in [4.78, 5) is 22.5. The van der Waals surface area contributed by atoms with E-state index in [1.54, 1.807) is 12.5 Å². The maximum atomic E-state index is 13.2. The quantitative estimate of drug-likeness (QED) is 0.466. The molecule has 2 aromatic heterocycles. The Morgan fingerprint density at radius 1 is 1.22 bits per heavy atom. The van der Waals surface area contributed by atoms with Crippen LogP contribution in [0.2, 0.25) is 0 Å². The van der Waals surface area contributed by atoms with Crippen molar-refractivity contribution < 1.29 is 13.9 Å². The molecule has 3 aromatic rings. The summed E-state index contributed by atoms with van der Waals surface area (Å²) < 4.78 is 11.2. The molecular weight excluding hydrogens is 402 g/mol. The maximum absolute atomic E-state index is 13.2. The largest absolute Gasteiger partial charge is 0.468 e. The number of esters is 1. The molecule has 32 heavy (non-hydrogen) atoms. The van der Waals surface area contributed by atoms with Gasteiger partial charge in [0, 0.05) is 30.9 Å². The lowest BCUT2D eigenvalue weighted by Crippen LogP contribution is -2.37. The van der Waals surface area contributed by atoms with Gasteiger partial charge in [-0.1, -0.05) is 37.3 Å². The number of benzene rings is 1. The number of furan rings is 1. The lowest BCUT2D eigenvalue weighted by molar-refractivity contribution is 0.0379. The van der Waals surface area contributed by atoms with Gasteiger partial charge in [-0.05, 0) is 50.6 Å². The second-order valence-corrected chi connectivity index (χ2v) is 8.41. The minimum atomic E-state index is -0.326. The smallest absolute Gasteiger partial charge is 0.342 e. The van der Waals surface area contributed by atoms with Crippen molar-refractivity contribution in [3.63, 3.8) is 0 Å². The maximum Gasteiger partial charge on any atom is 0.342 e. The molecule has 0 spiro atoms. The number of rotatable bonds is 8. The van der Waals surface area contributed by atoms with Crippen LogP contribution < -0.4 is 4.90 Å². The van der Waals surface area contributed by atoms with E-state index < -0.39 is 0 Å². The second kappa shape index (κ2) is 10.0. The summed E-state index contributed by atoms with van der Waals surface area (Å²) in [5, 5.41) is 0. The summed E-state index contributed by atoms with van der Waals surface area (Å²) in [6.07, 6.45) is 4.31. The first kappa shape index (κ1) is 22.1. The van der Waals surface area contributed by atoms with Crippen molar-refractivity contribution in [2.75, 3.05) is 24.5 Å². The first-order chi connectivity index (χ1) is 15.6. The number of pyridine rings is 1. The van der Waals surface area contributed by atoms with E-state index in [1.807, 2.05) is 62.4 Å². The second-order valence-electron chi connectivity index (χ2n) is 8.41. The van der Waals surface area contributed by atoms with Gasteiger partial charge in [-0.2, -0.15) is 0 Å². The van der Waals surface area contributed by atoms with Crippen LogP contribution in [0.15, 0.2) is 65.4 Å². The molecule has 0 bridgehead atoms. The zero-order chi connectivity index (χ0) is 22.5. The molecule has 0 saturated carbocycles. The highest BCUT2D eigenvalue weighted by atomic mass is 16.5. The minimum Gasteiger partial charge on any atom is -0.468 e. The van der Waals surface area contributed by atoms with Gasteiger partial charge >= 0.3 is 5.97 Å². The number of anilines is 1. The van der Waals surface area contributed by atoms with Gasteiger partial charge in [-0.15, -0.1) is 0 Å². The predicted molar refractivity (Wildman–Crippen MR) is 126 cm³/mol. The standard InChI is InChI=1S/C26H31N3O3/c1-4-28(18-22-11-8-16-31-22)21-13-15-29(17-21)25-24(26(30)32-19(2)3)23(12-14-27-25)20-9-6-5-7-10-20/h5-12,14,16,19,21H,4,13,15,17-18H2,1-3H3. The normalized spacial score (nSPS) is 16.2. The number of nitrogens with zero attached hydrogens (tertiary/aromatic N) is 3. The molecule has 0 aliphatic carbocycles. The first-order valence-electron chi connectivity index (χ1n) is 11.3. The topological polar surface area (TPSA) is 58.8 Å². The fraction of sp³-hybridized carbons (Fsp3) is 0.385. The average molecular weight is 434 g/mol. The van der Waals surface area contributed by atoms with Crippen molar-refractivity contribution in [1.29, 1.82) is 0 Å². The van der Waals surface area contributed by atoms with E-state index in [0.29, 0.717) is 17.4 Å². The van der Waals surface area contributed by atoms with Crippen LogP contribution >= 0.6 is 0 Å². The summed E-state index contributed by atoms with van der Waals surface area (Å²) in [6, 6.07) is 16.2. The summed E-state index contributed by atoms with van der Waals surface area (Å²) >= 11 is 0. The molecule has 168 valence electrons. The highest BCUT2D eigenvalue weighted by molar-refractivity contribution is 6.02. The van der Waals surface area contributed by atoms with E-state index in [-0.39, 0.29) is 12.1 Å². The Bertz CT molecular complexity index is 1020. The van der Waals surface area contributed by atoms with Crippen LogP contribution in [0.1, 0.15) is 43.3 Å². The Balaban J connectivity index is 1.63. The van der Waals surface area contributed by atoms with Gasteiger partial charge in [0.25, 0.3) is 0 Å². The molecule has 3 heterocycles. The molecule has 1 unspecified atom stereocenters. The zero-order valence-corrected chi connectivity index (χ0v) is 19.0. The van der Waals surface area contributed by atoms with E-state index in [2.05, 4.69) is 21.7 Å². The van der Waals surface area contributed by atoms with Crippen molar-refractivity contribution in [2.24, 2.45) is 0 Å². The van der Waals surface area contributed by atoms with Crippen LogP contribution in [0.25, 0.3) is 11.1 Å². The van der Waals surface area contributed by atoms with E-state index in [9.17, 15) is 4.79 Å². The monoisotopic (exact) mass is 433 g/mol. The number of carbonyl (C=O) groups is 1. The van der Waals surface area contributed by atoms with Crippen LogP contribution in [0.3, 0.4) is 0 Å². The van der Waals surface area contributed by atoms with E-state index in [4.69, 9.17) is 9.15 Å². The van der Waals surface area contributed by atoms with Crippen LogP contribution in [0.5, 0.6) is 0 Å². The Morgan fingerprint density at radius 3 is 2.72 bits per heavy atom. The molecule has 0 amide bonds. The van der Waals surface area contributed by atoms with E-state index in [1.165, 1.54) is 0 Å². The third-order valence-corrected chi connectivity index (χ3v) is 5.89. The number of likely N-dealkylation sites (N-methyl/N-ethyl adjacent to an activating group) is 1. The molecule has 0 radical (unpaired) electrons. The van der Waals surface area contributed by atoms with E-state index >= 15 is 0 Å². The lowest BCUT2D eigenvalue weighted by atomic mass is 10.0. The summed E-state index contributed by atoms with van der Waals surface area (Å²) in [6.45, 7) is 9.27. The Kier molecular flexibility index (Phi) is 6.90. The van der Waals surface area contributed by atoms with Crippen molar-refractivity contribution in [3.05, 3.63) is 72.3 Å². The van der Waals surface area contributed by atoms with Gasteiger partial charge in [0.1, 0.15) is 17.1 Å². The van der Waals surface area contributed by atoms with Crippen molar-refractivity contribution in [1.82, 2.24) is 9.88 Å². The zero-order valence-electron chi connectivity index (χ0n) is 19.0. The number of aromatic nitrogens is 1. The number of ether oxygens (including phenoxy) is 1. The van der Waals surface area contributed by atoms with Crippen molar-refractivity contribution in [3.8, 4) is 11.1 Å². The molecule has 1 saturated heterocycles. The summed E-state index contributed by atoms with van der Waals surface area (Å²) in [7, 11) is 0. The molecule has 1 aliphatic rings. The van der Waals surface area contributed by atoms with Gasteiger partial charge in [0.2, 0.25) is 0 Å². The molecule has 6 heteroatoms. The van der Waals surface area contributed by atoms with Gasteiger partial charge in [0.05, 0.1) is 18.9 Å². The first-order valence-corrected chi connectivity index (χ1v) is 11.3. The third kappa shape index (κ3) is 4.86. The Labute approximate surface area is 189 Å².